The Morgan fingerprint density at radius 1 is 1.40 bits per heavy atom. The van der Waals surface area contributed by atoms with E-state index in [1.807, 2.05) is 24.4 Å². The van der Waals surface area contributed by atoms with Gasteiger partial charge in [0.05, 0.1) is 13.7 Å². The van der Waals surface area contributed by atoms with Crippen molar-refractivity contribution in [2.75, 3.05) is 19.5 Å². The van der Waals surface area contributed by atoms with Gasteiger partial charge in [0, 0.05) is 24.0 Å². The van der Waals surface area contributed by atoms with Gasteiger partial charge in [0.2, 0.25) is 0 Å². The number of hydrogen-bond acceptors (Lipinski definition) is 4. The molecule has 1 aliphatic heterocycles. The molecule has 4 heteroatoms. The molecule has 0 saturated carbocycles. The molecule has 0 saturated heterocycles. The van der Waals surface area contributed by atoms with Gasteiger partial charge < -0.3 is 15.2 Å². The van der Waals surface area contributed by atoms with Crippen molar-refractivity contribution in [3.63, 3.8) is 0 Å². The number of para-hydroxylation sites is 1. The van der Waals surface area contributed by atoms with E-state index < -0.39 is 0 Å². The fraction of sp³-hybridized carbons (Fsp3) is 0.312. The standard InChI is InChI=1S/C16H18N2O2/c1-19-15-4-2-3-12-7-11(10-20-16(12)15)8-13-9-18-6-5-14(13)17/h2-6,9,11H,7-8,10H2,1H3,(H2,17,18)/t11-/m0/s1. The molecule has 0 fully saturated rings. The lowest BCUT2D eigenvalue weighted by atomic mass is 9.91. The van der Waals surface area contributed by atoms with E-state index in [0.717, 1.165) is 35.6 Å². The topological polar surface area (TPSA) is 57.4 Å². The lowest BCUT2D eigenvalue weighted by Crippen LogP contribution is -2.23. The van der Waals surface area contributed by atoms with Crippen LogP contribution in [-0.4, -0.2) is 18.7 Å². The largest absolute Gasteiger partial charge is 0.493 e. The third-order valence-electron chi connectivity index (χ3n) is 3.70. The van der Waals surface area contributed by atoms with Crippen LogP contribution in [0.15, 0.2) is 36.7 Å². The molecule has 1 aromatic heterocycles. The minimum absolute atomic E-state index is 0.418. The molecule has 0 unspecified atom stereocenters. The first-order chi connectivity index (χ1) is 9.78. The number of aromatic nitrogens is 1. The molecule has 1 aromatic carbocycles. The average molecular weight is 270 g/mol. The number of anilines is 1. The first-order valence-corrected chi connectivity index (χ1v) is 6.75. The van der Waals surface area contributed by atoms with Gasteiger partial charge in [0.15, 0.2) is 11.5 Å². The number of pyridine rings is 1. The maximum absolute atomic E-state index is 5.98. The van der Waals surface area contributed by atoms with Crippen LogP contribution in [0.5, 0.6) is 11.5 Å². The second-order valence-corrected chi connectivity index (χ2v) is 5.11. The molecule has 2 N–H and O–H groups in total. The molecule has 0 radical (unpaired) electrons. The lowest BCUT2D eigenvalue weighted by molar-refractivity contribution is 0.211. The van der Waals surface area contributed by atoms with Crippen molar-refractivity contribution < 1.29 is 9.47 Å². The number of nitrogens with two attached hydrogens (primary N) is 1. The fourth-order valence-electron chi connectivity index (χ4n) is 2.67. The van der Waals surface area contributed by atoms with E-state index >= 15 is 0 Å². The van der Waals surface area contributed by atoms with Crippen molar-refractivity contribution in [1.29, 1.82) is 0 Å². The highest BCUT2D eigenvalue weighted by molar-refractivity contribution is 5.48. The van der Waals surface area contributed by atoms with Crippen LogP contribution in [0.4, 0.5) is 5.69 Å². The summed E-state index contributed by atoms with van der Waals surface area (Å²) in [4.78, 5) is 4.14. The Labute approximate surface area is 118 Å². The number of nitrogen functional groups attached to an aromatic ring is 1. The van der Waals surface area contributed by atoms with Crippen LogP contribution in [-0.2, 0) is 12.8 Å². The van der Waals surface area contributed by atoms with Gasteiger partial charge in [0.25, 0.3) is 0 Å². The molecule has 2 aromatic rings. The first-order valence-electron chi connectivity index (χ1n) is 6.75. The molecule has 104 valence electrons. The Morgan fingerprint density at radius 3 is 3.10 bits per heavy atom. The zero-order chi connectivity index (χ0) is 13.9. The fourth-order valence-corrected chi connectivity index (χ4v) is 2.67. The van der Waals surface area contributed by atoms with Gasteiger partial charge in [-0.05, 0) is 36.1 Å². The second-order valence-electron chi connectivity index (χ2n) is 5.11. The molecule has 0 amide bonds. The van der Waals surface area contributed by atoms with E-state index in [1.165, 1.54) is 5.56 Å². The first kappa shape index (κ1) is 12.8. The number of fused-ring (bicyclic) bond motifs is 1. The van der Waals surface area contributed by atoms with Crippen LogP contribution in [0.1, 0.15) is 11.1 Å². The zero-order valence-corrected chi connectivity index (χ0v) is 11.5. The summed E-state index contributed by atoms with van der Waals surface area (Å²) in [5, 5.41) is 0. The van der Waals surface area contributed by atoms with Crippen LogP contribution in [0, 0.1) is 5.92 Å². The Hall–Kier alpha value is -2.23. The van der Waals surface area contributed by atoms with Crippen LogP contribution in [0.3, 0.4) is 0 Å². The minimum atomic E-state index is 0.418. The van der Waals surface area contributed by atoms with Crippen molar-refractivity contribution in [1.82, 2.24) is 4.98 Å². The van der Waals surface area contributed by atoms with Crippen LogP contribution in [0.25, 0.3) is 0 Å². The summed E-state index contributed by atoms with van der Waals surface area (Å²) in [7, 11) is 1.67. The maximum Gasteiger partial charge on any atom is 0.164 e. The molecule has 1 atom stereocenters. The molecular formula is C16H18N2O2. The van der Waals surface area contributed by atoms with Gasteiger partial charge in [-0.2, -0.15) is 0 Å². The van der Waals surface area contributed by atoms with Crippen molar-refractivity contribution in [2.24, 2.45) is 5.92 Å². The third-order valence-corrected chi connectivity index (χ3v) is 3.70. The summed E-state index contributed by atoms with van der Waals surface area (Å²) in [5.74, 6) is 2.10. The Bertz CT molecular complexity index is 613. The molecule has 3 rings (SSSR count). The number of rotatable bonds is 3. The summed E-state index contributed by atoms with van der Waals surface area (Å²) >= 11 is 0. The predicted octanol–water partition coefficient (Wildman–Crippen LogP) is 2.47. The van der Waals surface area contributed by atoms with Crippen molar-refractivity contribution in [3.8, 4) is 11.5 Å². The van der Waals surface area contributed by atoms with Gasteiger partial charge in [-0.1, -0.05) is 12.1 Å². The molecule has 2 heterocycles. The summed E-state index contributed by atoms with van der Waals surface area (Å²) in [6.45, 7) is 0.682. The van der Waals surface area contributed by atoms with E-state index in [9.17, 15) is 0 Å². The Balaban J connectivity index is 1.78. The quantitative estimate of drug-likeness (QED) is 0.930. The molecule has 0 spiro atoms. The van der Waals surface area contributed by atoms with Gasteiger partial charge >= 0.3 is 0 Å². The summed E-state index contributed by atoms with van der Waals surface area (Å²) in [6, 6.07) is 7.87. The molecule has 20 heavy (non-hydrogen) atoms. The van der Waals surface area contributed by atoms with E-state index in [-0.39, 0.29) is 0 Å². The number of hydrogen-bond donors (Lipinski definition) is 1. The van der Waals surface area contributed by atoms with E-state index in [2.05, 4.69) is 11.1 Å². The lowest BCUT2D eigenvalue weighted by Gasteiger charge is -2.26. The number of ether oxygens (including phenoxy) is 2. The molecular weight excluding hydrogens is 252 g/mol. The smallest absolute Gasteiger partial charge is 0.164 e. The average Bonchev–Trinajstić information content (AvgIpc) is 2.49. The normalized spacial score (nSPS) is 17.1. The van der Waals surface area contributed by atoms with Crippen LogP contribution < -0.4 is 15.2 Å². The van der Waals surface area contributed by atoms with Gasteiger partial charge in [0.1, 0.15) is 0 Å². The summed E-state index contributed by atoms with van der Waals surface area (Å²) < 4.78 is 11.2. The number of benzene rings is 1. The SMILES string of the molecule is COc1cccc2c1OC[C@H](Cc1cnccc1N)C2. The number of nitrogens with zero attached hydrogens (tertiary/aromatic N) is 1. The van der Waals surface area contributed by atoms with Gasteiger partial charge in [-0.3, -0.25) is 4.98 Å². The molecule has 0 bridgehead atoms. The maximum atomic E-state index is 5.98. The van der Waals surface area contributed by atoms with Crippen molar-refractivity contribution in [2.45, 2.75) is 12.8 Å². The highest BCUT2D eigenvalue weighted by atomic mass is 16.5. The van der Waals surface area contributed by atoms with E-state index in [0.29, 0.717) is 12.5 Å². The number of methoxy groups -OCH3 is 1. The van der Waals surface area contributed by atoms with Gasteiger partial charge in [-0.15, -0.1) is 0 Å². The van der Waals surface area contributed by atoms with Crippen LogP contribution in [0.2, 0.25) is 0 Å². The third kappa shape index (κ3) is 2.41. The Morgan fingerprint density at radius 2 is 2.30 bits per heavy atom. The van der Waals surface area contributed by atoms with Crippen molar-refractivity contribution in [3.05, 3.63) is 47.8 Å². The minimum Gasteiger partial charge on any atom is -0.493 e. The highest BCUT2D eigenvalue weighted by Crippen LogP contribution is 2.36. The molecule has 1 aliphatic rings. The van der Waals surface area contributed by atoms with Crippen molar-refractivity contribution >= 4 is 5.69 Å². The Kier molecular flexibility index (Phi) is 3.46. The molecule has 0 aliphatic carbocycles. The highest BCUT2D eigenvalue weighted by Gasteiger charge is 2.23. The van der Waals surface area contributed by atoms with E-state index in [1.54, 1.807) is 13.3 Å². The van der Waals surface area contributed by atoms with E-state index in [4.69, 9.17) is 15.2 Å². The summed E-state index contributed by atoms with van der Waals surface area (Å²) in [6.07, 6.45) is 5.42. The van der Waals surface area contributed by atoms with Gasteiger partial charge in [-0.25, -0.2) is 0 Å². The second kappa shape index (κ2) is 5.41. The molecule has 4 nitrogen and oxygen atoms in total. The van der Waals surface area contributed by atoms with Crippen LogP contribution >= 0.6 is 0 Å². The predicted molar refractivity (Wildman–Crippen MR) is 78.0 cm³/mol. The summed E-state index contributed by atoms with van der Waals surface area (Å²) in [5.41, 5.74) is 9.07. The zero-order valence-electron chi connectivity index (χ0n) is 11.5. The monoisotopic (exact) mass is 270 g/mol.